The lowest BCUT2D eigenvalue weighted by Crippen LogP contribution is -2.78. The summed E-state index contributed by atoms with van der Waals surface area (Å²) in [5.41, 5.74) is -1.58. The van der Waals surface area contributed by atoms with Crippen molar-refractivity contribution in [2.45, 2.75) is 108 Å². The molecule has 6 rings (SSSR count). The molecule has 2 N–H and O–H groups in total. The van der Waals surface area contributed by atoms with Gasteiger partial charge in [0.25, 0.3) is 0 Å². The minimum atomic E-state index is -1.22. The van der Waals surface area contributed by atoms with Crippen LogP contribution in [0, 0.1) is 34.5 Å². The molecule has 0 radical (unpaired) electrons. The Kier molecular flexibility index (Phi) is 5.78. The summed E-state index contributed by atoms with van der Waals surface area (Å²) in [5, 5.41) is 24.1. The van der Waals surface area contributed by atoms with E-state index in [9.17, 15) is 19.8 Å². The highest BCUT2D eigenvalue weighted by molar-refractivity contribution is 6.28. The van der Waals surface area contributed by atoms with Gasteiger partial charge in [-0.1, -0.05) is 26.8 Å². The summed E-state index contributed by atoms with van der Waals surface area (Å²) >= 11 is 7.23. The van der Waals surface area contributed by atoms with E-state index in [1.165, 1.54) is 0 Å². The Morgan fingerprint density at radius 1 is 1.21 bits per heavy atom. The Labute approximate surface area is 229 Å². The molecule has 0 bridgehead atoms. The van der Waals surface area contributed by atoms with Crippen LogP contribution >= 0.6 is 11.6 Å². The van der Waals surface area contributed by atoms with Crippen LogP contribution in [0.1, 0.15) is 73.6 Å². The van der Waals surface area contributed by atoms with Gasteiger partial charge in [-0.3, -0.25) is 4.79 Å². The predicted octanol–water partition coefficient (Wildman–Crippen LogP) is 4.08. The molecule has 0 spiro atoms. The van der Waals surface area contributed by atoms with Crippen LogP contribution in [0.15, 0.2) is 23.3 Å². The van der Waals surface area contributed by atoms with E-state index in [0.29, 0.717) is 37.9 Å². The first-order valence-electron chi connectivity index (χ1n) is 14.2. The SMILES string of the molecule is CCO[C@@]12C[C@H]3[C@@H](C[C@@H](O)[C@@]4(Cl)CC=CC(=O)[C@]34C)[C@@H]3CC[C@@](O)([C@H](C)[C@@H]([C@@H]4OC(=O)C(C)=C4C)O1)[C@]32C. The molecule has 4 aliphatic carbocycles. The number of halogens is 1. The van der Waals surface area contributed by atoms with Gasteiger partial charge in [0.2, 0.25) is 0 Å². The third kappa shape index (κ3) is 2.81. The molecule has 210 valence electrons. The zero-order valence-corrected chi connectivity index (χ0v) is 24.0. The average Bonchev–Trinajstić information content (AvgIpc) is 3.30. The van der Waals surface area contributed by atoms with Gasteiger partial charge in [-0.25, -0.2) is 4.79 Å². The van der Waals surface area contributed by atoms with Crippen molar-refractivity contribution in [3.05, 3.63) is 23.3 Å². The van der Waals surface area contributed by atoms with E-state index in [0.717, 1.165) is 12.0 Å². The van der Waals surface area contributed by atoms with E-state index in [1.807, 2.05) is 27.7 Å². The molecule has 2 heterocycles. The summed E-state index contributed by atoms with van der Waals surface area (Å²) in [7, 11) is 0. The molecule has 8 heteroatoms. The number of hydrogen-bond donors (Lipinski definition) is 2. The molecule has 0 aromatic carbocycles. The smallest absolute Gasteiger partial charge is 0.334 e. The second-order valence-corrected chi connectivity index (χ2v) is 13.9. The molecular formula is C30H41ClO7. The topological polar surface area (TPSA) is 102 Å². The highest BCUT2D eigenvalue weighted by Gasteiger charge is 2.81. The summed E-state index contributed by atoms with van der Waals surface area (Å²) in [6.45, 7) is 11.9. The van der Waals surface area contributed by atoms with E-state index in [4.69, 9.17) is 25.8 Å². The van der Waals surface area contributed by atoms with Gasteiger partial charge in [0.05, 0.1) is 27.4 Å². The number of esters is 1. The van der Waals surface area contributed by atoms with E-state index in [2.05, 4.69) is 6.92 Å². The first-order valence-corrected chi connectivity index (χ1v) is 14.6. The third-order valence-corrected chi connectivity index (χ3v) is 13.2. The highest BCUT2D eigenvalue weighted by atomic mass is 35.5. The van der Waals surface area contributed by atoms with E-state index >= 15 is 0 Å². The zero-order valence-electron chi connectivity index (χ0n) is 23.3. The molecule has 1 saturated heterocycles. The second kappa shape index (κ2) is 8.16. The fourth-order valence-corrected chi connectivity index (χ4v) is 10.4. The fraction of sp³-hybridized carbons (Fsp3) is 0.800. The number of carbonyl (C=O) groups is 2. The number of aliphatic hydroxyl groups is 2. The number of carbonyl (C=O) groups excluding carboxylic acids is 2. The summed E-state index contributed by atoms with van der Waals surface area (Å²) in [5.74, 6) is -2.27. The lowest BCUT2D eigenvalue weighted by molar-refractivity contribution is -0.427. The monoisotopic (exact) mass is 548 g/mol. The maximum atomic E-state index is 13.7. The third-order valence-electron chi connectivity index (χ3n) is 12.4. The summed E-state index contributed by atoms with van der Waals surface area (Å²) in [6, 6.07) is 0. The highest BCUT2D eigenvalue weighted by Crippen LogP contribution is 2.75. The fourth-order valence-electron chi connectivity index (χ4n) is 9.98. The minimum absolute atomic E-state index is 0.0227. The number of fused-ring (bicyclic) bond motifs is 4. The number of cyclic esters (lactones) is 1. The van der Waals surface area contributed by atoms with Crippen molar-refractivity contribution in [3.8, 4) is 0 Å². The first kappa shape index (κ1) is 26.9. The number of ketones is 1. The molecule has 6 aliphatic rings. The molecule has 0 amide bonds. The second-order valence-electron chi connectivity index (χ2n) is 13.2. The van der Waals surface area contributed by atoms with Gasteiger partial charge in [0.1, 0.15) is 6.10 Å². The Morgan fingerprint density at radius 3 is 2.55 bits per heavy atom. The Morgan fingerprint density at radius 2 is 1.92 bits per heavy atom. The van der Waals surface area contributed by atoms with Crippen LogP contribution in [0.3, 0.4) is 0 Å². The quantitative estimate of drug-likeness (QED) is 0.405. The molecule has 0 aromatic heterocycles. The van der Waals surface area contributed by atoms with Gasteiger partial charge in [-0.05, 0) is 75.9 Å². The van der Waals surface area contributed by atoms with Crippen molar-refractivity contribution in [2.75, 3.05) is 6.61 Å². The predicted molar refractivity (Wildman–Crippen MR) is 140 cm³/mol. The van der Waals surface area contributed by atoms with Crippen molar-refractivity contribution >= 4 is 23.4 Å². The van der Waals surface area contributed by atoms with Gasteiger partial charge < -0.3 is 24.4 Å². The molecule has 0 unspecified atom stereocenters. The van der Waals surface area contributed by atoms with Gasteiger partial charge in [-0.2, -0.15) is 0 Å². The van der Waals surface area contributed by atoms with Gasteiger partial charge >= 0.3 is 5.97 Å². The van der Waals surface area contributed by atoms with Crippen LogP contribution in [0.4, 0.5) is 0 Å². The van der Waals surface area contributed by atoms with E-state index < -0.39 is 45.4 Å². The van der Waals surface area contributed by atoms with Crippen molar-refractivity contribution in [2.24, 2.45) is 34.5 Å². The average molecular weight is 549 g/mol. The number of rotatable bonds is 3. The molecule has 12 atom stereocenters. The van der Waals surface area contributed by atoms with Crippen molar-refractivity contribution < 1.29 is 34.0 Å². The zero-order chi connectivity index (χ0) is 27.6. The number of ether oxygens (including phenoxy) is 3. The van der Waals surface area contributed by atoms with Crippen molar-refractivity contribution in [3.63, 3.8) is 0 Å². The maximum Gasteiger partial charge on any atom is 0.334 e. The van der Waals surface area contributed by atoms with Crippen LogP contribution in [-0.2, 0) is 23.8 Å². The standard InChI is InChI=1S/C30H41ClO7/c1-7-36-30-14-20-18(13-22(33)28(31)11-8-9-21(32)26(20,28)5)19-10-12-29(35,27(19,30)6)17(4)24(38-30)23-15(2)16(3)25(34)37-23/h8-9,17-20,22-24,33,35H,7,10-14H2,1-6H3/t17-,18+,19+,20+,22-,23-,24+,26+,27+,28+,29-,30+/m1/s1. The maximum absolute atomic E-state index is 13.7. The molecule has 4 fully saturated rings. The molecule has 7 nitrogen and oxygen atoms in total. The molecule has 0 aromatic rings. The molecule has 2 aliphatic heterocycles. The van der Waals surface area contributed by atoms with Crippen LogP contribution in [0.25, 0.3) is 0 Å². The number of aliphatic hydroxyl groups excluding tert-OH is 1. The van der Waals surface area contributed by atoms with Gasteiger partial charge in [0.15, 0.2) is 17.7 Å². The van der Waals surface area contributed by atoms with Gasteiger partial charge in [0, 0.05) is 24.5 Å². The lowest BCUT2D eigenvalue weighted by Gasteiger charge is -2.70. The summed E-state index contributed by atoms with van der Waals surface area (Å²) < 4.78 is 19.5. The van der Waals surface area contributed by atoms with Crippen molar-refractivity contribution in [1.29, 1.82) is 0 Å². The number of alkyl halides is 1. The van der Waals surface area contributed by atoms with Crippen LogP contribution in [0.5, 0.6) is 0 Å². The summed E-state index contributed by atoms with van der Waals surface area (Å²) in [6.07, 6.45) is 3.85. The van der Waals surface area contributed by atoms with Gasteiger partial charge in [-0.15, -0.1) is 11.6 Å². The van der Waals surface area contributed by atoms with Crippen LogP contribution < -0.4 is 0 Å². The number of allylic oxidation sites excluding steroid dienone is 2. The Bertz CT molecular complexity index is 1150. The molecule has 38 heavy (non-hydrogen) atoms. The molecular weight excluding hydrogens is 508 g/mol. The first-order chi connectivity index (χ1) is 17.7. The van der Waals surface area contributed by atoms with Crippen LogP contribution in [0.2, 0.25) is 0 Å². The Balaban J connectivity index is 1.52. The minimum Gasteiger partial charge on any atom is -0.452 e. The van der Waals surface area contributed by atoms with E-state index in [1.54, 1.807) is 19.1 Å². The van der Waals surface area contributed by atoms with E-state index in [-0.39, 0.29) is 35.4 Å². The normalized spacial score (nSPS) is 55.4. The number of hydrogen-bond acceptors (Lipinski definition) is 7. The summed E-state index contributed by atoms with van der Waals surface area (Å²) in [4.78, 5) is 25.1. The molecule has 3 saturated carbocycles. The Hall–Kier alpha value is -1.25. The van der Waals surface area contributed by atoms with Crippen LogP contribution in [-0.4, -0.2) is 63.1 Å². The van der Waals surface area contributed by atoms with Crippen molar-refractivity contribution in [1.82, 2.24) is 0 Å². The lowest BCUT2D eigenvalue weighted by atomic mass is 9.41. The largest absolute Gasteiger partial charge is 0.452 e.